The van der Waals surface area contributed by atoms with Crippen molar-refractivity contribution in [3.05, 3.63) is 77.2 Å². The highest BCUT2D eigenvalue weighted by Gasteiger charge is 2.05. The van der Waals surface area contributed by atoms with Gasteiger partial charge in [0.1, 0.15) is 17.4 Å². The van der Waals surface area contributed by atoms with Crippen molar-refractivity contribution in [3.63, 3.8) is 0 Å². The summed E-state index contributed by atoms with van der Waals surface area (Å²) in [6, 6.07) is 16.6. The van der Waals surface area contributed by atoms with Crippen molar-refractivity contribution in [2.24, 2.45) is 0 Å². The van der Waals surface area contributed by atoms with Gasteiger partial charge in [-0.25, -0.2) is 9.37 Å². The molecule has 0 saturated heterocycles. The first-order valence-corrected chi connectivity index (χ1v) is 8.84. The summed E-state index contributed by atoms with van der Waals surface area (Å²) in [5.74, 6) is 1.82. The predicted molar refractivity (Wildman–Crippen MR) is 106 cm³/mol. The van der Waals surface area contributed by atoms with E-state index in [1.807, 2.05) is 37.3 Å². The maximum absolute atomic E-state index is 13.7. The standard InChI is InChI=1S/C21H23FN4O/c1-15-12-20(23-11-10-16-6-5-8-18(13-16)27-2)26-21(25-15)24-14-17-7-3-4-9-19(17)22/h3-9,12-13H,10-11,14H2,1-2H3,(H2,23,24,25,26). The highest BCUT2D eigenvalue weighted by molar-refractivity contribution is 5.43. The molecule has 0 unspecified atom stereocenters. The molecule has 0 aliphatic rings. The quantitative estimate of drug-likeness (QED) is 0.626. The highest BCUT2D eigenvalue weighted by Crippen LogP contribution is 2.15. The van der Waals surface area contributed by atoms with Gasteiger partial charge in [0.05, 0.1) is 7.11 Å². The second kappa shape index (κ2) is 8.98. The SMILES string of the molecule is COc1cccc(CCNc2cc(C)nc(NCc3ccccc3F)n2)c1. The third-order valence-electron chi connectivity index (χ3n) is 4.10. The molecular weight excluding hydrogens is 343 g/mol. The van der Waals surface area contributed by atoms with Gasteiger partial charge < -0.3 is 15.4 Å². The van der Waals surface area contributed by atoms with E-state index in [2.05, 4.69) is 26.7 Å². The normalized spacial score (nSPS) is 10.5. The van der Waals surface area contributed by atoms with Crippen LogP contribution in [0.25, 0.3) is 0 Å². The molecule has 5 nitrogen and oxygen atoms in total. The van der Waals surface area contributed by atoms with Crippen molar-refractivity contribution >= 4 is 11.8 Å². The number of hydrogen-bond acceptors (Lipinski definition) is 5. The van der Waals surface area contributed by atoms with E-state index in [9.17, 15) is 4.39 Å². The Morgan fingerprint density at radius 1 is 1.00 bits per heavy atom. The van der Waals surface area contributed by atoms with Crippen molar-refractivity contribution < 1.29 is 9.13 Å². The van der Waals surface area contributed by atoms with E-state index in [1.54, 1.807) is 19.2 Å². The molecule has 1 aromatic heterocycles. The molecule has 140 valence electrons. The minimum Gasteiger partial charge on any atom is -0.497 e. The molecule has 0 fully saturated rings. The fourth-order valence-electron chi connectivity index (χ4n) is 2.72. The topological polar surface area (TPSA) is 59.1 Å². The molecule has 0 atom stereocenters. The lowest BCUT2D eigenvalue weighted by atomic mass is 10.1. The van der Waals surface area contributed by atoms with Gasteiger partial charge >= 0.3 is 0 Å². The maximum Gasteiger partial charge on any atom is 0.225 e. The van der Waals surface area contributed by atoms with Gasteiger partial charge in [-0.1, -0.05) is 30.3 Å². The number of benzene rings is 2. The lowest BCUT2D eigenvalue weighted by molar-refractivity contribution is 0.414. The molecule has 0 amide bonds. The van der Waals surface area contributed by atoms with E-state index >= 15 is 0 Å². The summed E-state index contributed by atoms with van der Waals surface area (Å²) in [4.78, 5) is 8.83. The molecule has 0 bridgehead atoms. The van der Waals surface area contributed by atoms with E-state index in [-0.39, 0.29) is 5.82 Å². The Kier molecular flexibility index (Phi) is 6.20. The molecule has 27 heavy (non-hydrogen) atoms. The van der Waals surface area contributed by atoms with Crippen LogP contribution in [-0.4, -0.2) is 23.6 Å². The summed E-state index contributed by atoms with van der Waals surface area (Å²) < 4.78 is 19.0. The third-order valence-corrected chi connectivity index (χ3v) is 4.10. The summed E-state index contributed by atoms with van der Waals surface area (Å²) in [5, 5.41) is 6.40. The number of aromatic nitrogens is 2. The Hall–Kier alpha value is -3.15. The van der Waals surface area contributed by atoms with Gasteiger partial charge in [0, 0.05) is 30.4 Å². The largest absolute Gasteiger partial charge is 0.497 e. The molecule has 0 aliphatic carbocycles. The average Bonchev–Trinajstić information content (AvgIpc) is 2.67. The van der Waals surface area contributed by atoms with Crippen LogP contribution in [0.3, 0.4) is 0 Å². The number of ether oxygens (including phenoxy) is 1. The van der Waals surface area contributed by atoms with Gasteiger partial charge in [-0.15, -0.1) is 0 Å². The number of nitrogens with zero attached hydrogens (tertiary/aromatic N) is 2. The Labute approximate surface area is 158 Å². The zero-order valence-electron chi connectivity index (χ0n) is 15.5. The Morgan fingerprint density at radius 2 is 1.85 bits per heavy atom. The van der Waals surface area contributed by atoms with E-state index in [1.165, 1.54) is 11.6 Å². The molecule has 2 aromatic carbocycles. The van der Waals surface area contributed by atoms with Crippen LogP contribution < -0.4 is 15.4 Å². The first-order chi connectivity index (χ1) is 13.1. The molecular formula is C21H23FN4O. The van der Waals surface area contributed by atoms with Gasteiger partial charge in [0.2, 0.25) is 5.95 Å². The monoisotopic (exact) mass is 366 g/mol. The summed E-state index contributed by atoms with van der Waals surface area (Å²) in [5.41, 5.74) is 2.60. The number of rotatable bonds is 8. The molecule has 0 saturated carbocycles. The molecule has 0 aliphatic heterocycles. The van der Waals surface area contributed by atoms with E-state index in [0.29, 0.717) is 18.1 Å². The molecule has 0 spiro atoms. The van der Waals surface area contributed by atoms with Crippen LogP contribution in [0.5, 0.6) is 5.75 Å². The van der Waals surface area contributed by atoms with E-state index < -0.39 is 0 Å². The molecule has 3 rings (SSSR count). The molecule has 2 N–H and O–H groups in total. The zero-order valence-corrected chi connectivity index (χ0v) is 15.5. The zero-order chi connectivity index (χ0) is 19.1. The third kappa shape index (κ3) is 5.41. The summed E-state index contributed by atoms with van der Waals surface area (Å²) in [6.07, 6.45) is 0.845. The van der Waals surface area contributed by atoms with Crippen LogP contribution in [0.1, 0.15) is 16.8 Å². The van der Waals surface area contributed by atoms with Crippen LogP contribution in [0, 0.1) is 12.7 Å². The summed E-state index contributed by atoms with van der Waals surface area (Å²) >= 11 is 0. The fraction of sp³-hybridized carbons (Fsp3) is 0.238. The highest BCUT2D eigenvalue weighted by atomic mass is 19.1. The predicted octanol–water partition coefficient (Wildman–Crippen LogP) is 4.20. The van der Waals surface area contributed by atoms with Crippen molar-refractivity contribution in [3.8, 4) is 5.75 Å². The van der Waals surface area contributed by atoms with Gasteiger partial charge in [0.25, 0.3) is 0 Å². The van der Waals surface area contributed by atoms with Crippen molar-refractivity contribution in [1.82, 2.24) is 9.97 Å². The van der Waals surface area contributed by atoms with Gasteiger partial charge in [-0.05, 0) is 37.1 Å². The summed E-state index contributed by atoms with van der Waals surface area (Å²) in [7, 11) is 1.66. The fourth-order valence-corrected chi connectivity index (χ4v) is 2.72. The van der Waals surface area contributed by atoms with E-state index in [0.717, 1.165) is 30.2 Å². The Bertz CT molecular complexity index is 901. The number of aryl methyl sites for hydroxylation is 1. The minimum absolute atomic E-state index is 0.241. The number of anilines is 2. The first-order valence-electron chi connectivity index (χ1n) is 8.84. The molecule has 6 heteroatoms. The maximum atomic E-state index is 13.7. The minimum atomic E-state index is -0.241. The van der Waals surface area contributed by atoms with Gasteiger partial charge in [0.15, 0.2) is 0 Å². The van der Waals surface area contributed by atoms with Crippen LogP contribution in [-0.2, 0) is 13.0 Å². The average molecular weight is 366 g/mol. The van der Waals surface area contributed by atoms with Gasteiger partial charge in [-0.2, -0.15) is 4.98 Å². The molecule has 3 aromatic rings. The van der Waals surface area contributed by atoms with Crippen molar-refractivity contribution in [2.45, 2.75) is 19.9 Å². The van der Waals surface area contributed by atoms with Crippen LogP contribution >= 0.6 is 0 Å². The molecule has 1 heterocycles. The number of nitrogens with one attached hydrogen (secondary N) is 2. The van der Waals surface area contributed by atoms with Crippen molar-refractivity contribution in [1.29, 1.82) is 0 Å². The first kappa shape index (κ1) is 18.6. The number of hydrogen-bond donors (Lipinski definition) is 2. The summed E-state index contributed by atoms with van der Waals surface area (Å²) in [6.45, 7) is 2.97. The van der Waals surface area contributed by atoms with Crippen LogP contribution in [0.2, 0.25) is 0 Å². The van der Waals surface area contributed by atoms with Crippen molar-refractivity contribution in [2.75, 3.05) is 24.3 Å². The van der Waals surface area contributed by atoms with E-state index in [4.69, 9.17) is 4.74 Å². The van der Waals surface area contributed by atoms with Crippen LogP contribution in [0.15, 0.2) is 54.6 Å². The Morgan fingerprint density at radius 3 is 2.67 bits per heavy atom. The number of halogens is 1. The second-order valence-electron chi connectivity index (χ2n) is 6.19. The van der Waals surface area contributed by atoms with Gasteiger partial charge in [-0.3, -0.25) is 0 Å². The molecule has 0 radical (unpaired) electrons. The lowest BCUT2D eigenvalue weighted by Gasteiger charge is -2.11. The lowest BCUT2D eigenvalue weighted by Crippen LogP contribution is -2.10. The Balaban J connectivity index is 1.58. The smallest absolute Gasteiger partial charge is 0.225 e. The number of methoxy groups -OCH3 is 1. The van der Waals surface area contributed by atoms with Crippen LogP contribution in [0.4, 0.5) is 16.2 Å². The second-order valence-corrected chi connectivity index (χ2v) is 6.19.